The summed E-state index contributed by atoms with van der Waals surface area (Å²) in [6, 6.07) is 13.1. The van der Waals surface area contributed by atoms with Crippen molar-refractivity contribution in [2.75, 3.05) is 0 Å². The minimum Gasteiger partial charge on any atom is -0.444 e. The second kappa shape index (κ2) is 19.2. The van der Waals surface area contributed by atoms with Crippen molar-refractivity contribution in [3.8, 4) is 0 Å². The van der Waals surface area contributed by atoms with Gasteiger partial charge in [-0.3, -0.25) is 4.18 Å². The molecule has 2 aliphatic rings. The highest BCUT2D eigenvalue weighted by Gasteiger charge is 2.29. The molecule has 2 fully saturated rings. The average molecular weight is 775 g/mol. The quantitative estimate of drug-likeness (QED) is 0.200. The lowest BCUT2D eigenvalue weighted by Gasteiger charge is -2.29. The van der Waals surface area contributed by atoms with Gasteiger partial charge in [-0.1, -0.05) is 35.4 Å². The first-order valence-corrected chi connectivity index (χ1v) is 20.8. The number of hydrogen-bond donors (Lipinski definition) is 3. The third-order valence-corrected chi connectivity index (χ3v) is 10.4. The number of ether oxygens (including phenoxy) is 2. The van der Waals surface area contributed by atoms with E-state index in [1.807, 2.05) is 55.4 Å². The number of aliphatic hydroxyl groups excluding tert-OH is 1. The molecule has 0 heterocycles. The standard InChI is InChI=1S/C18H27NO5S.C11H21NO3.C7H7ClO2S/c1-13-5-11-16(12-6-13)25(21,22)24-15-9-7-14(8-10-15)19-17(20)23-18(2,3)4;1-11(2,3)15-10(14)12-8-4-6-9(13)7-5-8;1-6-2-4-7(5-3-6)11(8,9)10/h5-6,11-12,14-15H,7-10H2,1-4H3,(H,19,20);8-9,13H,4-7H2,1-3H3,(H,12,14);2-5H,1H3. The molecule has 0 unspecified atom stereocenters. The summed E-state index contributed by atoms with van der Waals surface area (Å²) in [5.74, 6) is 0. The van der Waals surface area contributed by atoms with Gasteiger partial charge in [0.15, 0.2) is 0 Å². The van der Waals surface area contributed by atoms with Crippen molar-refractivity contribution in [3.05, 3.63) is 59.7 Å². The van der Waals surface area contributed by atoms with E-state index in [1.165, 1.54) is 12.1 Å². The lowest BCUT2D eigenvalue weighted by atomic mass is 9.93. The van der Waals surface area contributed by atoms with Gasteiger partial charge >= 0.3 is 12.2 Å². The molecule has 0 spiro atoms. The highest BCUT2D eigenvalue weighted by Crippen LogP contribution is 2.26. The van der Waals surface area contributed by atoms with Crippen LogP contribution in [0.5, 0.6) is 0 Å². The van der Waals surface area contributed by atoms with E-state index in [4.69, 9.17) is 24.3 Å². The van der Waals surface area contributed by atoms with Gasteiger partial charge in [-0.05, 0) is 131 Å². The third kappa shape index (κ3) is 18.4. The molecule has 2 aromatic carbocycles. The van der Waals surface area contributed by atoms with Crippen LogP contribution in [-0.4, -0.2) is 69.6 Å². The van der Waals surface area contributed by atoms with E-state index in [0.29, 0.717) is 25.7 Å². The summed E-state index contributed by atoms with van der Waals surface area (Å²) in [6.45, 7) is 14.8. The Morgan fingerprint density at radius 2 is 1.00 bits per heavy atom. The van der Waals surface area contributed by atoms with Crippen LogP contribution in [0.4, 0.5) is 9.59 Å². The van der Waals surface area contributed by atoms with Gasteiger partial charge in [0, 0.05) is 22.8 Å². The molecule has 2 aromatic rings. The Morgan fingerprint density at radius 3 is 1.35 bits per heavy atom. The van der Waals surface area contributed by atoms with Gasteiger partial charge in [-0.2, -0.15) is 8.42 Å². The summed E-state index contributed by atoms with van der Waals surface area (Å²) >= 11 is 0. The fourth-order valence-corrected chi connectivity index (χ4v) is 7.01. The second-order valence-electron chi connectivity index (χ2n) is 14.9. The maximum absolute atomic E-state index is 12.3. The third-order valence-electron chi connectivity index (χ3n) is 7.69. The molecule has 0 radical (unpaired) electrons. The van der Waals surface area contributed by atoms with E-state index in [2.05, 4.69) is 10.6 Å². The minimum atomic E-state index is -3.75. The van der Waals surface area contributed by atoms with Crippen LogP contribution in [0.2, 0.25) is 0 Å². The van der Waals surface area contributed by atoms with Crippen molar-refractivity contribution < 1.29 is 45.2 Å². The summed E-state index contributed by atoms with van der Waals surface area (Å²) in [4.78, 5) is 23.5. The molecule has 288 valence electrons. The first-order chi connectivity index (χ1) is 23.4. The van der Waals surface area contributed by atoms with E-state index < -0.39 is 36.5 Å². The smallest absolute Gasteiger partial charge is 0.407 e. The number of benzene rings is 2. The number of rotatable bonds is 6. The second-order valence-corrected chi connectivity index (χ2v) is 19.0. The van der Waals surface area contributed by atoms with Gasteiger partial charge in [-0.15, -0.1) is 0 Å². The van der Waals surface area contributed by atoms with E-state index >= 15 is 0 Å². The zero-order valence-electron chi connectivity index (χ0n) is 30.9. The maximum atomic E-state index is 12.3. The van der Waals surface area contributed by atoms with Crippen molar-refractivity contribution in [2.24, 2.45) is 0 Å². The van der Waals surface area contributed by atoms with Gasteiger partial charge in [0.1, 0.15) is 11.2 Å². The minimum absolute atomic E-state index is 0.0169. The van der Waals surface area contributed by atoms with Gasteiger partial charge in [0.25, 0.3) is 19.2 Å². The maximum Gasteiger partial charge on any atom is 0.407 e. The zero-order valence-corrected chi connectivity index (χ0v) is 33.3. The van der Waals surface area contributed by atoms with E-state index in [-0.39, 0.29) is 40.2 Å². The van der Waals surface area contributed by atoms with Crippen LogP contribution >= 0.6 is 10.7 Å². The van der Waals surface area contributed by atoms with Gasteiger partial charge < -0.3 is 25.2 Å². The Kier molecular flexibility index (Phi) is 16.7. The Labute approximate surface area is 308 Å². The van der Waals surface area contributed by atoms with Crippen LogP contribution in [0.15, 0.2) is 58.3 Å². The Bertz CT molecular complexity index is 1600. The molecule has 0 bridgehead atoms. The average Bonchev–Trinajstić information content (AvgIpc) is 2.98. The van der Waals surface area contributed by atoms with Crippen molar-refractivity contribution in [1.82, 2.24) is 10.6 Å². The molecule has 2 amide bonds. The topological polar surface area (TPSA) is 174 Å². The SMILES string of the molecule is CC(C)(C)OC(=O)NC1CCC(O)CC1.Cc1ccc(S(=O)(=O)Cl)cc1.Cc1ccc(S(=O)(=O)OC2CCC(NC(=O)OC(C)(C)C)CC2)cc1. The van der Waals surface area contributed by atoms with Crippen molar-refractivity contribution in [3.63, 3.8) is 0 Å². The fourth-order valence-electron chi connectivity index (χ4n) is 5.11. The largest absolute Gasteiger partial charge is 0.444 e. The molecule has 2 saturated carbocycles. The number of alkyl carbamates (subject to hydrolysis) is 2. The monoisotopic (exact) mass is 774 g/mol. The van der Waals surface area contributed by atoms with Crippen LogP contribution in [-0.2, 0) is 32.8 Å². The molecule has 12 nitrogen and oxygen atoms in total. The Hall–Kier alpha value is -2.91. The van der Waals surface area contributed by atoms with Gasteiger partial charge in [-0.25, -0.2) is 18.0 Å². The predicted molar refractivity (Wildman–Crippen MR) is 197 cm³/mol. The first-order valence-electron chi connectivity index (χ1n) is 17.1. The van der Waals surface area contributed by atoms with Crippen LogP contribution in [0.3, 0.4) is 0 Å². The molecule has 4 rings (SSSR count). The molecular weight excluding hydrogens is 720 g/mol. The summed E-state index contributed by atoms with van der Waals surface area (Å²) in [6.07, 6.45) is 4.32. The van der Waals surface area contributed by atoms with Crippen LogP contribution < -0.4 is 10.6 Å². The predicted octanol–water partition coefficient (Wildman–Crippen LogP) is 7.27. The van der Waals surface area contributed by atoms with Crippen molar-refractivity contribution in [2.45, 2.75) is 152 Å². The van der Waals surface area contributed by atoms with Crippen LogP contribution in [0.25, 0.3) is 0 Å². The first kappa shape index (κ1) is 44.3. The normalized spacial score (nSPS) is 21.1. The van der Waals surface area contributed by atoms with E-state index in [1.54, 1.807) is 36.4 Å². The molecule has 0 aliphatic heterocycles. The molecular formula is C36H55ClN2O10S2. The highest BCUT2D eigenvalue weighted by molar-refractivity contribution is 8.13. The number of carbonyl (C=O) groups excluding carboxylic acids is 2. The number of hydrogen-bond acceptors (Lipinski definition) is 10. The van der Waals surface area contributed by atoms with Gasteiger partial charge in [0.2, 0.25) is 0 Å². The van der Waals surface area contributed by atoms with Crippen LogP contribution in [0.1, 0.15) is 104 Å². The highest BCUT2D eigenvalue weighted by atomic mass is 35.7. The Balaban J connectivity index is 0.000000293. The Morgan fingerprint density at radius 1 is 0.647 bits per heavy atom. The molecule has 0 atom stereocenters. The van der Waals surface area contributed by atoms with Gasteiger partial charge in [0.05, 0.1) is 22.0 Å². The summed E-state index contributed by atoms with van der Waals surface area (Å²) < 4.78 is 61.8. The lowest BCUT2D eigenvalue weighted by Crippen LogP contribution is -2.42. The number of nitrogens with one attached hydrogen (secondary N) is 2. The number of amides is 2. The summed E-state index contributed by atoms with van der Waals surface area (Å²) in [5, 5.41) is 15.0. The van der Waals surface area contributed by atoms with E-state index in [0.717, 1.165) is 36.8 Å². The molecule has 0 saturated heterocycles. The number of halogens is 1. The lowest BCUT2D eigenvalue weighted by molar-refractivity contribution is 0.0455. The van der Waals surface area contributed by atoms with Crippen LogP contribution in [0, 0.1) is 13.8 Å². The van der Waals surface area contributed by atoms with E-state index in [9.17, 15) is 31.5 Å². The number of aliphatic hydroxyl groups is 1. The molecule has 3 N–H and O–H groups in total. The summed E-state index contributed by atoms with van der Waals surface area (Å²) in [5.41, 5.74) is 1.02. The molecule has 15 heteroatoms. The summed E-state index contributed by atoms with van der Waals surface area (Å²) in [7, 11) is -2.22. The number of aryl methyl sites for hydroxylation is 2. The van der Waals surface area contributed by atoms with Crippen molar-refractivity contribution >= 4 is 42.0 Å². The fraction of sp³-hybridized carbons (Fsp3) is 0.611. The number of carbonyl (C=O) groups is 2. The van der Waals surface area contributed by atoms with Crippen molar-refractivity contribution in [1.29, 1.82) is 0 Å². The molecule has 2 aliphatic carbocycles. The zero-order chi connectivity index (χ0) is 38.6. The molecule has 0 aromatic heterocycles. The molecule has 51 heavy (non-hydrogen) atoms.